The van der Waals surface area contributed by atoms with Gasteiger partial charge in [0.25, 0.3) is 0 Å². The van der Waals surface area contributed by atoms with Gasteiger partial charge in [0.1, 0.15) is 0 Å². The van der Waals surface area contributed by atoms with Crippen molar-refractivity contribution < 1.29 is 9.90 Å². The van der Waals surface area contributed by atoms with Crippen LogP contribution in [0.25, 0.3) is 0 Å². The predicted molar refractivity (Wildman–Crippen MR) is 177 cm³/mol. The van der Waals surface area contributed by atoms with Crippen molar-refractivity contribution >= 4 is 29.5 Å². The summed E-state index contributed by atoms with van der Waals surface area (Å²) in [5.74, 6) is 1.37. The number of carboxylic acid groups (broad SMARTS) is 1. The van der Waals surface area contributed by atoms with Crippen LogP contribution in [-0.2, 0) is 4.79 Å². The second-order valence-electron chi connectivity index (χ2n) is 11.6. The summed E-state index contributed by atoms with van der Waals surface area (Å²) in [5, 5.41) is 9.99. The number of rotatable bonds is 32. The van der Waals surface area contributed by atoms with E-state index in [1.54, 1.807) is 23.5 Å². The molecule has 0 atom stereocenters. The van der Waals surface area contributed by atoms with E-state index < -0.39 is 10.0 Å². The minimum absolute atomic E-state index is 0.612. The fraction of sp³-hybridized carbons (Fsp3) is 0.971. The Morgan fingerprint density at radius 3 is 0.895 bits per heavy atom. The molecule has 0 bridgehead atoms. The molecule has 4 heteroatoms. The molecule has 0 saturated heterocycles. The van der Waals surface area contributed by atoms with E-state index in [1.807, 2.05) is 0 Å². The number of hydrogen-bond acceptors (Lipinski definition) is 3. The van der Waals surface area contributed by atoms with Crippen molar-refractivity contribution in [2.75, 3.05) is 11.5 Å². The summed E-state index contributed by atoms with van der Waals surface area (Å²) in [5.41, 5.74) is 0. The van der Waals surface area contributed by atoms with Crippen LogP contribution in [0.1, 0.15) is 194 Å². The monoisotopic (exact) mass is 572 g/mol. The molecule has 0 radical (unpaired) electrons. The highest BCUT2D eigenvalue weighted by molar-refractivity contribution is 8.19. The lowest BCUT2D eigenvalue weighted by molar-refractivity contribution is -0.137. The molecule has 0 aromatic rings. The van der Waals surface area contributed by atoms with Crippen LogP contribution in [0.15, 0.2) is 0 Å². The number of carbonyl (C=O) groups is 1. The number of unbranched alkanes of at least 4 members (excludes halogenated alkanes) is 24. The smallest absolute Gasteiger partial charge is 0.330 e. The topological polar surface area (TPSA) is 37.3 Å². The normalized spacial score (nSPS) is 11.9. The van der Waals surface area contributed by atoms with Crippen LogP contribution in [0.5, 0.6) is 0 Å². The summed E-state index contributed by atoms with van der Waals surface area (Å²) < 4.78 is -0.631. The quantitative estimate of drug-likeness (QED) is 0.0642. The van der Waals surface area contributed by atoms with Crippen molar-refractivity contribution in [2.24, 2.45) is 0 Å². The Labute approximate surface area is 248 Å². The van der Waals surface area contributed by atoms with Crippen LogP contribution in [0.3, 0.4) is 0 Å². The summed E-state index contributed by atoms with van der Waals surface area (Å²) in [6, 6.07) is 0. The first-order valence-corrected chi connectivity index (χ1v) is 19.1. The van der Waals surface area contributed by atoms with Crippen LogP contribution >= 0.6 is 23.5 Å². The molecule has 0 unspecified atom stereocenters. The first-order chi connectivity index (χ1) is 18.6. The molecule has 38 heavy (non-hydrogen) atoms. The summed E-state index contributed by atoms with van der Waals surface area (Å²) in [6.45, 7) is 6.62. The first-order valence-electron chi connectivity index (χ1n) is 17.1. The number of thioether (sulfide) groups is 2. The maximum atomic E-state index is 12.1. The van der Waals surface area contributed by atoms with Crippen molar-refractivity contribution in [1.82, 2.24) is 0 Å². The van der Waals surface area contributed by atoms with Gasteiger partial charge in [0.15, 0.2) is 4.08 Å². The molecule has 0 aromatic carbocycles. The Hall–Kier alpha value is 0.170. The van der Waals surface area contributed by atoms with E-state index in [4.69, 9.17) is 0 Å². The van der Waals surface area contributed by atoms with E-state index in [2.05, 4.69) is 20.8 Å². The molecule has 0 aromatic heterocycles. The predicted octanol–water partition coefficient (Wildman–Crippen LogP) is 12.8. The molecule has 0 spiro atoms. The van der Waals surface area contributed by atoms with Gasteiger partial charge in [-0.25, -0.2) is 4.79 Å². The van der Waals surface area contributed by atoms with Crippen LogP contribution < -0.4 is 0 Å². The number of carboxylic acids is 1. The van der Waals surface area contributed by atoms with Gasteiger partial charge in [-0.3, -0.25) is 0 Å². The molecule has 0 aliphatic rings. The van der Waals surface area contributed by atoms with Gasteiger partial charge in [0.2, 0.25) is 0 Å². The molecule has 0 aliphatic heterocycles. The maximum absolute atomic E-state index is 12.1. The van der Waals surface area contributed by atoms with Crippen molar-refractivity contribution in [3.8, 4) is 0 Å². The second-order valence-corrected chi connectivity index (χ2v) is 14.6. The fourth-order valence-electron chi connectivity index (χ4n) is 5.23. The highest BCUT2D eigenvalue weighted by Crippen LogP contribution is 2.41. The van der Waals surface area contributed by atoms with E-state index >= 15 is 0 Å². The standard InChI is InChI=1S/C34H68O2S2/c1-4-7-9-11-13-15-17-19-21-23-25-27-29-31-37-34(6-3,33(35)36)38-32-30-28-26-24-22-20-18-16-14-12-10-8-5-2/h4-32H2,1-3H3,(H,35,36). The third kappa shape index (κ3) is 24.0. The summed E-state index contributed by atoms with van der Waals surface area (Å²) in [6.07, 6.45) is 36.2. The zero-order valence-corrected chi connectivity index (χ0v) is 27.8. The van der Waals surface area contributed by atoms with Crippen LogP contribution in [0, 0.1) is 0 Å². The Bertz CT molecular complexity index is 451. The molecule has 0 saturated carbocycles. The zero-order valence-electron chi connectivity index (χ0n) is 26.2. The van der Waals surface area contributed by atoms with Gasteiger partial charge < -0.3 is 5.11 Å². The van der Waals surface area contributed by atoms with Gasteiger partial charge >= 0.3 is 5.97 Å². The minimum Gasteiger partial charge on any atom is -0.480 e. The highest BCUT2D eigenvalue weighted by Gasteiger charge is 2.37. The largest absolute Gasteiger partial charge is 0.480 e. The average Bonchev–Trinajstić information content (AvgIpc) is 2.92. The molecular weight excluding hydrogens is 505 g/mol. The molecule has 0 heterocycles. The molecule has 1 N–H and O–H groups in total. The fourth-order valence-corrected chi connectivity index (χ4v) is 8.08. The van der Waals surface area contributed by atoms with Crippen molar-refractivity contribution in [3.05, 3.63) is 0 Å². The minimum atomic E-state index is -0.631. The summed E-state index contributed by atoms with van der Waals surface area (Å²) in [7, 11) is 0. The molecule has 0 rings (SSSR count). The summed E-state index contributed by atoms with van der Waals surface area (Å²) in [4.78, 5) is 12.1. The van der Waals surface area contributed by atoms with E-state index in [-0.39, 0.29) is 0 Å². The van der Waals surface area contributed by atoms with Gasteiger partial charge in [0.05, 0.1) is 0 Å². The highest BCUT2D eigenvalue weighted by atomic mass is 32.2. The average molecular weight is 573 g/mol. The van der Waals surface area contributed by atoms with E-state index in [1.165, 1.54) is 154 Å². The van der Waals surface area contributed by atoms with E-state index in [0.29, 0.717) is 6.42 Å². The van der Waals surface area contributed by atoms with Gasteiger partial charge in [-0.2, -0.15) is 0 Å². The van der Waals surface area contributed by atoms with Gasteiger partial charge in [0, 0.05) is 0 Å². The lowest BCUT2D eigenvalue weighted by atomic mass is 10.1. The van der Waals surface area contributed by atoms with Crippen molar-refractivity contribution in [2.45, 2.75) is 198 Å². The molecule has 2 nitrogen and oxygen atoms in total. The van der Waals surface area contributed by atoms with Gasteiger partial charge in [-0.1, -0.05) is 175 Å². The molecular formula is C34H68O2S2. The number of aliphatic carboxylic acids is 1. The lowest BCUT2D eigenvalue weighted by Gasteiger charge is -2.27. The van der Waals surface area contributed by atoms with E-state index in [9.17, 15) is 9.90 Å². The first kappa shape index (κ1) is 38.2. The summed E-state index contributed by atoms with van der Waals surface area (Å²) >= 11 is 3.42. The number of hydrogen-bond donors (Lipinski definition) is 1. The molecule has 0 aliphatic carbocycles. The maximum Gasteiger partial charge on any atom is 0.330 e. The molecule has 0 fully saturated rings. The van der Waals surface area contributed by atoms with Crippen molar-refractivity contribution in [1.29, 1.82) is 0 Å². The van der Waals surface area contributed by atoms with Crippen LogP contribution in [0.2, 0.25) is 0 Å². The van der Waals surface area contributed by atoms with Gasteiger partial charge in [-0.05, 0) is 30.8 Å². The Balaban J connectivity index is 3.68. The SMILES string of the molecule is CCCCCCCCCCCCCCCSC(CC)(SCCCCCCCCCCCCCCC)C(=O)O. The Morgan fingerprint density at radius 1 is 0.447 bits per heavy atom. The van der Waals surface area contributed by atoms with E-state index in [0.717, 1.165) is 24.3 Å². The Morgan fingerprint density at radius 2 is 0.684 bits per heavy atom. The Kier molecular flexibility index (Phi) is 30.3. The molecule has 0 amide bonds. The lowest BCUT2D eigenvalue weighted by Crippen LogP contribution is -2.31. The third-order valence-electron chi connectivity index (χ3n) is 7.96. The second kappa shape index (κ2) is 30.1. The van der Waals surface area contributed by atoms with Gasteiger partial charge in [-0.15, -0.1) is 23.5 Å². The van der Waals surface area contributed by atoms with Crippen LogP contribution in [0.4, 0.5) is 0 Å². The van der Waals surface area contributed by atoms with Crippen LogP contribution in [-0.4, -0.2) is 26.7 Å². The molecule has 228 valence electrons. The zero-order chi connectivity index (χ0) is 28.0. The van der Waals surface area contributed by atoms with Crippen molar-refractivity contribution in [3.63, 3.8) is 0 Å². The third-order valence-corrected chi connectivity index (χ3v) is 11.5.